The Balaban J connectivity index is 4.48. The first-order valence-corrected chi connectivity index (χ1v) is 7.85. The summed E-state index contributed by atoms with van der Waals surface area (Å²) in [5, 5.41) is 8.66. The molecule has 4 nitrogen and oxygen atoms in total. The summed E-state index contributed by atoms with van der Waals surface area (Å²) in [4.78, 5) is 22.7. The molecule has 0 spiro atoms. The molecule has 0 radical (unpaired) electrons. The Morgan fingerprint density at radius 2 is 1.75 bits per heavy atom. The van der Waals surface area contributed by atoms with Gasteiger partial charge >= 0.3 is 11.9 Å². The van der Waals surface area contributed by atoms with Crippen LogP contribution in [0.5, 0.6) is 0 Å². The standard InChI is InChI=1S/C16H30O4/c1-5-8-9-12-16(6-2,7-3)20-15(19)13(4)10-11-14(17)18/h13H,5-12H2,1-4H3,(H,17,18). The number of carbonyl (C=O) groups is 2. The number of carboxylic acid groups (broad SMARTS) is 1. The average Bonchev–Trinajstić information content (AvgIpc) is 2.43. The van der Waals surface area contributed by atoms with E-state index in [2.05, 4.69) is 6.92 Å². The molecule has 1 unspecified atom stereocenters. The van der Waals surface area contributed by atoms with Crippen LogP contribution in [0.1, 0.15) is 79.1 Å². The summed E-state index contributed by atoms with van der Waals surface area (Å²) in [6.07, 6.45) is 6.22. The summed E-state index contributed by atoms with van der Waals surface area (Å²) in [6, 6.07) is 0. The van der Waals surface area contributed by atoms with Crippen molar-refractivity contribution in [1.29, 1.82) is 0 Å². The van der Waals surface area contributed by atoms with Crippen LogP contribution in [0.15, 0.2) is 0 Å². The third-order valence-corrected chi connectivity index (χ3v) is 4.04. The van der Waals surface area contributed by atoms with Gasteiger partial charge in [0, 0.05) is 6.42 Å². The van der Waals surface area contributed by atoms with Crippen molar-refractivity contribution < 1.29 is 19.4 Å². The van der Waals surface area contributed by atoms with Gasteiger partial charge in [-0.15, -0.1) is 0 Å². The van der Waals surface area contributed by atoms with E-state index in [0.717, 1.165) is 38.5 Å². The molecule has 0 saturated heterocycles. The molecule has 0 amide bonds. The Kier molecular flexibility index (Phi) is 9.26. The van der Waals surface area contributed by atoms with E-state index in [-0.39, 0.29) is 23.9 Å². The summed E-state index contributed by atoms with van der Waals surface area (Å²) in [5.41, 5.74) is -0.371. The Hall–Kier alpha value is -1.06. The van der Waals surface area contributed by atoms with Gasteiger partial charge in [0.05, 0.1) is 5.92 Å². The van der Waals surface area contributed by atoms with Crippen LogP contribution < -0.4 is 0 Å². The second kappa shape index (κ2) is 9.78. The number of aliphatic carboxylic acids is 1. The number of esters is 1. The van der Waals surface area contributed by atoms with Gasteiger partial charge in [0.1, 0.15) is 5.60 Å². The molecule has 1 atom stereocenters. The quantitative estimate of drug-likeness (QED) is 0.457. The Bertz CT molecular complexity index is 295. The summed E-state index contributed by atoms with van der Waals surface area (Å²) in [6.45, 7) is 7.99. The van der Waals surface area contributed by atoms with Crippen molar-refractivity contribution in [2.24, 2.45) is 5.92 Å². The Morgan fingerprint density at radius 1 is 1.15 bits per heavy atom. The SMILES string of the molecule is CCCCCC(CC)(CC)OC(=O)C(C)CCC(=O)O. The fourth-order valence-electron chi connectivity index (χ4n) is 2.27. The molecule has 0 heterocycles. The average molecular weight is 286 g/mol. The molecule has 0 aromatic rings. The topological polar surface area (TPSA) is 63.6 Å². The van der Waals surface area contributed by atoms with E-state index < -0.39 is 5.97 Å². The third-order valence-electron chi connectivity index (χ3n) is 4.04. The third kappa shape index (κ3) is 6.92. The first-order chi connectivity index (χ1) is 9.40. The van der Waals surface area contributed by atoms with Crippen molar-refractivity contribution in [1.82, 2.24) is 0 Å². The summed E-state index contributed by atoms with van der Waals surface area (Å²) >= 11 is 0. The Morgan fingerprint density at radius 3 is 2.20 bits per heavy atom. The smallest absolute Gasteiger partial charge is 0.309 e. The first-order valence-electron chi connectivity index (χ1n) is 7.85. The van der Waals surface area contributed by atoms with Crippen LogP contribution in [0.4, 0.5) is 0 Å². The van der Waals surface area contributed by atoms with Crippen molar-refractivity contribution in [3.05, 3.63) is 0 Å². The molecule has 0 saturated carbocycles. The lowest BCUT2D eigenvalue weighted by Gasteiger charge is -2.33. The van der Waals surface area contributed by atoms with Crippen LogP contribution in [0.25, 0.3) is 0 Å². The van der Waals surface area contributed by atoms with Gasteiger partial charge in [-0.05, 0) is 32.1 Å². The van der Waals surface area contributed by atoms with E-state index in [9.17, 15) is 9.59 Å². The molecule has 0 aromatic carbocycles. The number of carbonyl (C=O) groups excluding carboxylic acids is 1. The second-order valence-electron chi connectivity index (χ2n) is 5.60. The Labute approximate surface area is 122 Å². The van der Waals surface area contributed by atoms with Crippen molar-refractivity contribution in [2.75, 3.05) is 0 Å². The zero-order valence-corrected chi connectivity index (χ0v) is 13.4. The zero-order chi connectivity index (χ0) is 15.6. The number of rotatable bonds is 11. The zero-order valence-electron chi connectivity index (χ0n) is 13.4. The van der Waals surface area contributed by atoms with Crippen LogP contribution in [0, 0.1) is 5.92 Å². The summed E-state index contributed by atoms with van der Waals surface area (Å²) in [5.74, 6) is -1.48. The van der Waals surface area contributed by atoms with Gasteiger partial charge in [-0.25, -0.2) is 0 Å². The fraction of sp³-hybridized carbons (Fsp3) is 0.875. The maximum absolute atomic E-state index is 12.1. The molecule has 0 aromatic heterocycles. The van der Waals surface area contributed by atoms with Gasteiger partial charge < -0.3 is 9.84 Å². The molecule has 0 aliphatic heterocycles. The second-order valence-corrected chi connectivity index (χ2v) is 5.60. The van der Waals surface area contributed by atoms with Crippen molar-refractivity contribution in [2.45, 2.75) is 84.7 Å². The van der Waals surface area contributed by atoms with E-state index in [1.54, 1.807) is 6.92 Å². The summed E-state index contributed by atoms with van der Waals surface area (Å²) < 4.78 is 5.75. The highest BCUT2D eigenvalue weighted by Gasteiger charge is 2.31. The van der Waals surface area contributed by atoms with Crippen molar-refractivity contribution in [3.63, 3.8) is 0 Å². The number of unbranched alkanes of at least 4 members (excludes halogenated alkanes) is 2. The van der Waals surface area contributed by atoms with E-state index in [0.29, 0.717) is 6.42 Å². The highest BCUT2D eigenvalue weighted by Crippen LogP contribution is 2.29. The maximum atomic E-state index is 12.1. The number of ether oxygens (including phenoxy) is 1. The molecule has 0 aliphatic rings. The largest absolute Gasteiger partial charge is 0.481 e. The predicted molar refractivity (Wildman–Crippen MR) is 79.6 cm³/mol. The molecular formula is C16H30O4. The van der Waals surface area contributed by atoms with Crippen molar-refractivity contribution >= 4 is 11.9 Å². The highest BCUT2D eigenvalue weighted by molar-refractivity contribution is 5.74. The van der Waals surface area contributed by atoms with Gasteiger partial charge in [-0.1, -0.05) is 40.5 Å². The number of carboxylic acids is 1. The lowest BCUT2D eigenvalue weighted by Crippen LogP contribution is -2.36. The minimum atomic E-state index is -0.871. The first kappa shape index (κ1) is 18.9. The normalized spacial score (nSPS) is 13.0. The molecule has 118 valence electrons. The van der Waals surface area contributed by atoms with Crippen LogP contribution in [0.3, 0.4) is 0 Å². The van der Waals surface area contributed by atoms with Crippen LogP contribution in [-0.2, 0) is 14.3 Å². The molecule has 0 aliphatic carbocycles. The van der Waals surface area contributed by atoms with Crippen LogP contribution >= 0.6 is 0 Å². The van der Waals surface area contributed by atoms with Gasteiger partial charge in [-0.2, -0.15) is 0 Å². The maximum Gasteiger partial charge on any atom is 0.309 e. The van der Waals surface area contributed by atoms with Gasteiger partial charge in [-0.3, -0.25) is 9.59 Å². The van der Waals surface area contributed by atoms with Gasteiger partial charge in [0.15, 0.2) is 0 Å². The molecule has 20 heavy (non-hydrogen) atoms. The molecule has 0 fully saturated rings. The minimum absolute atomic E-state index is 0.0113. The summed E-state index contributed by atoms with van der Waals surface area (Å²) in [7, 11) is 0. The van der Waals surface area contributed by atoms with E-state index in [1.807, 2.05) is 13.8 Å². The van der Waals surface area contributed by atoms with Crippen LogP contribution in [-0.4, -0.2) is 22.6 Å². The number of hydrogen-bond donors (Lipinski definition) is 1. The lowest BCUT2D eigenvalue weighted by atomic mass is 9.90. The monoisotopic (exact) mass is 286 g/mol. The molecular weight excluding hydrogens is 256 g/mol. The van der Waals surface area contributed by atoms with Gasteiger partial charge in [0.2, 0.25) is 0 Å². The van der Waals surface area contributed by atoms with E-state index in [1.165, 1.54) is 0 Å². The fourth-order valence-corrected chi connectivity index (χ4v) is 2.27. The number of hydrogen-bond acceptors (Lipinski definition) is 3. The van der Waals surface area contributed by atoms with E-state index >= 15 is 0 Å². The van der Waals surface area contributed by atoms with Gasteiger partial charge in [0.25, 0.3) is 0 Å². The van der Waals surface area contributed by atoms with Crippen molar-refractivity contribution in [3.8, 4) is 0 Å². The molecule has 0 rings (SSSR count). The molecule has 0 bridgehead atoms. The minimum Gasteiger partial charge on any atom is -0.481 e. The lowest BCUT2D eigenvalue weighted by molar-refractivity contribution is -0.166. The molecule has 1 N–H and O–H groups in total. The predicted octanol–water partition coefficient (Wildman–Crippen LogP) is 4.17. The molecule has 4 heteroatoms. The van der Waals surface area contributed by atoms with Crippen LogP contribution in [0.2, 0.25) is 0 Å². The van der Waals surface area contributed by atoms with E-state index in [4.69, 9.17) is 9.84 Å². The highest BCUT2D eigenvalue weighted by atomic mass is 16.6.